The van der Waals surface area contributed by atoms with Gasteiger partial charge in [-0.25, -0.2) is 4.39 Å². The summed E-state index contributed by atoms with van der Waals surface area (Å²) in [4.78, 5) is 54.8. The molecule has 0 saturated carbocycles. The molecule has 16 rings (SSSR count). The zero-order valence-electron chi connectivity index (χ0n) is 94.0. The lowest BCUT2D eigenvalue weighted by molar-refractivity contribution is -0.206. The van der Waals surface area contributed by atoms with Gasteiger partial charge in [-0.05, 0) is 248 Å². The number of hydrogen-bond donors (Lipinski definition) is 3. The van der Waals surface area contributed by atoms with E-state index in [1.54, 1.807) is 45.4 Å². The van der Waals surface area contributed by atoms with E-state index in [9.17, 15) is 50.2 Å². The van der Waals surface area contributed by atoms with Crippen molar-refractivity contribution in [3.63, 3.8) is 0 Å². The minimum absolute atomic E-state index is 0.0105. The number of halogens is 7. The number of Topliss-reactive ketones (excluding diaryl/α,β-unsaturated/α-hetero) is 1. The number of nitrogens with one attached hydrogen (secondary N) is 1. The van der Waals surface area contributed by atoms with Crippen LogP contribution in [0.5, 0.6) is 11.5 Å². The number of amides is 2. The molecule has 149 heavy (non-hydrogen) atoms. The predicted octanol–water partition coefficient (Wildman–Crippen LogP) is 25.6. The van der Waals surface area contributed by atoms with E-state index in [0.29, 0.717) is 66.2 Å². The van der Waals surface area contributed by atoms with Crippen molar-refractivity contribution in [2.24, 2.45) is 0 Å². The Hall–Kier alpha value is -10.4. The summed E-state index contributed by atoms with van der Waals surface area (Å²) in [6.45, 7) is 65.0. The maximum absolute atomic E-state index is 14.6. The molecule has 0 bridgehead atoms. The van der Waals surface area contributed by atoms with E-state index in [4.69, 9.17) is 24.1 Å². The Balaban J connectivity index is 0.000000205. The summed E-state index contributed by atoms with van der Waals surface area (Å²) in [5.41, 5.74) is 17.4. The second kappa shape index (κ2) is 59.6. The van der Waals surface area contributed by atoms with Crippen LogP contribution in [0.2, 0.25) is 0 Å². The summed E-state index contributed by atoms with van der Waals surface area (Å²) >= 11 is 0. The number of aliphatic hydroxyl groups is 2. The quantitative estimate of drug-likeness (QED) is 0.0432. The van der Waals surface area contributed by atoms with Gasteiger partial charge < -0.3 is 73.7 Å². The number of alkyl halides is 6. The molecule has 9 aromatic carbocycles. The smallest absolute Gasteiger partial charge is 0.454 e. The van der Waals surface area contributed by atoms with Gasteiger partial charge in [-0.3, -0.25) is 19.3 Å². The molecule has 7 aliphatic heterocycles. The summed E-state index contributed by atoms with van der Waals surface area (Å²) in [6, 6.07) is 65.4. The average molecular weight is 2070 g/mol. The van der Waals surface area contributed by atoms with Gasteiger partial charge in [0, 0.05) is 134 Å². The highest BCUT2D eigenvalue weighted by Gasteiger charge is 2.41. The van der Waals surface area contributed by atoms with Crippen molar-refractivity contribution in [1.82, 2.24) is 29.8 Å². The molecule has 7 aliphatic rings. The van der Waals surface area contributed by atoms with E-state index < -0.39 is 29.8 Å². The highest BCUT2D eigenvalue weighted by atomic mass is 19.4. The lowest BCUT2D eigenvalue weighted by Crippen LogP contribution is -2.56. The van der Waals surface area contributed by atoms with Crippen molar-refractivity contribution < 1.29 is 74.3 Å². The number of aliphatic hydroxyl groups excluding tert-OH is 1. The van der Waals surface area contributed by atoms with Crippen LogP contribution in [0.3, 0.4) is 0 Å². The van der Waals surface area contributed by atoms with E-state index in [2.05, 4.69) is 266 Å². The molecule has 7 heterocycles. The van der Waals surface area contributed by atoms with Crippen molar-refractivity contribution in [2.75, 3.05) is 199 Å². The zero-order chi connectivity index (χ0) is 110. The minimum Gasteiger partial charge on any atom is -0.495 e. The Morgan fingerprint density at radius 1 is 0.389 bits per heavy atom. The second-order valence-electron chi connectivity index (χ2n) is 43.7. The number of likely N-dealkylation sites (N-methyl/N-ethyl adjacent to an activating group) is 2. The highest BCUT2D eigenvalue weighted by Crippen LogP contribution is 2.40. The van der Waals surface area contributed by atoms with Gasteiger partial charge in [0.2, 0.25) is 5.91 Å². The third kappa shape index (κ3) is 39.6. The number of methoxy groups -OCH3 is 2. The number of benzene rings is 9. The fourth-order valence-corrected chi connectivity index (χ4v) is 17.8. The fraction of sp³-hybridized carbons (Fsp3) is 0.537. The van der Waals surface area contributed by atoms with Crippen LogP contribution in [0, 0.1) is 5.82 Å². The molecule has 820 valence electrons. The maximum Gasteiger partial charge on any atom is 0.454 e. The molecule has 19 nitrogen and oxygen atoms in total. The lowest BCUT2D eigenvalue weighted by Gasteiger charge is -2.43. The molecular formula is C123H175F7N10O9. The first-order valence-electron chi connectivity index (χ1n) is 53.7. The molecule has 7 saturated heterocycles. The molecule has 2 amide bonds. The molecule has 0 aromatic heterocycles. The largest absolute Gasteiger partial charge is 0.495 e. The van der Waals surface area contributed by atoms with Gasteiger partial charge in [-0.15, -0.1) is 0 Å². The van der Waals surface area contributed by atoms with Crippen molar-refractivity contribution in [1.29, 1.82) is 0 Å². The summed E-state index contributed by atoms with van der Waals surface area (Å²) in [7, 11) is 9.97. The monoisotopic (exact) mass is 2070 g/mol. The number of piperazine rings is 4. The van der Waals surface area contributed by atoms with Crippen LogP contribution in [0.25, 0.3) is 0 Å². The molecule has 9 aromatic rings. The van der Waals surface area contributed by atoms with Gasteiger partial charge >= 0.3 is 12.4 Å². The molecule has 0 spiro atoms. The first-order chi connectivity index (χ1) is 70.3. The zero-order valence-corrected chi connectivity index (χ0v) is 94.0. The predicted molar refractivity (Wildman–Crippen MR) is 598 cm³/mol. The molecule has 7 fully saturated rings. The van der Waals surface area contributed by atoms with Crippen LogP contribution >= 0.6 is 0 Å². The highest BCUT2D eigenvalue weighted by molar-refractivity contribution is 6.00. The Morgan fingerprint density at radius 3 is 1.20 bits per heavy atom. The SMILES string of the molecule is CC(=O)N1CCN(c2ccc(C(C)C)cc2)CC1.CC(C)c1ccc(C(=O)C(F)(F)F)cc1.CC(C)c1ccc(C(=O)NC2COC2)cc1.CC(C)c1ccc(C2CCN(C)CC2)cc1.CC(C)c1cccc(C(C)(C)O)c1.CC(C)c1cccc(C(O)C(F)(F)F)c1.CC(C)c1cccc(N2CCN(C)CC2)c1.COc1cc(C(C)C)cc(F)c1N1CCN(C2COC2)CC1.COc1cc(C(C)C)ccc1N1CCN(C)CC1. The molecule has 26 heteroatoms. The summed E-state index contributed by atoms with van der Waals surface area (Å²) in [6.07, 6.45) is -9.15. The molecule has 3 N–H and O–H groups in total. The number of piperidine rings is 1. The fourth-order valence-electron chi connectivity index (χ4n) is 17.8. The number of rotatable bonds is 22. The number of ketones is 1. The minimum atomic E-state index is -4.79. The molecule has 1 unspecified atom stereocenters. The number of nitrogens with zero attached hydrogens (tertiary/aromatic N) is 9. The van der Waals surface area contributed by atoms with Gasteiger partial charge in [0.25, 0.3) is 11.7 Å². The van der Waals surface area contributed by atoms with Crippen LogP contribution in [-0.4, -0.2) is 256 Å². The van der Waals surface area contributed by atoms with E-state index in [-0.39, 0.29) is 52.6 Å². The van der Waals surface area contributed by atoms with Gasteiger partial charge in [0.05, 0.1) is 64.0 Å². The number of likely N-dealkylation sites (tertiary alicyclic amines) is 1. The molecule has 1 atom stereocenters. The summed E-state index contributed by atoms with van der Waals surface area (Å²) in [5.74, 6) is 4.70. The normalized spacial score (nSPS) is 16.5. The van der Waals surface area contributed by atoms with E-state index in [1.807, 2.05) is 88.9 Å². The van der Waals surface area contributed by atoms with Crippen molar-refractivity contribution in [3.05, 3.63) is 284 Å². The topological polar surface area (TPSA) is 170 Å². The van der Waals surface area contributed by atoms with Crippen molar-refractivity contribution in [2.45, 2.75) is 254 Å². The second-order valence-corrected chi connectivity index (χ2v) is 43.7. The van der Waals surface area contributed by atoms with Crippen molar-refractivity contribution >= 4 is 40.3 Å². The number of hydrogen-bond acceptors (Lipinski definition) is 17. The summed E-state index contributed by atoms with van der Waals surface area (Å²) < 4.78 is 109. The molecule has 0 aliphatic carbocycles. The van der Waals surface area contributed by atoms with Gasteiger partial charge in [0.1, 0.15) is 17.2 Å². The van der Waals surface area contributed by atoms with Crippen molar-refractivity contribution in [3.8, 4) is 11.5 Å². The first-order valence-corrected chi connectivity index (χ1v) is 53.7. The summed E-state index contributed by atoms with van der Waals surface area (Å²) in [5, 5.41) is 21.8. The molecular weight excluding hydrogens is 1890 g/mol. The van der Waals surface area contributed by atoms with Gasteiger partial charge in [-0.2, -0.15) is 26.3 Å². The Bertz CT molecular complexity index is 5450. The first kappa shape index (κ1) is 124. The maximum atomic E-state index is 14.6. The van der Waals surface area contributed by atoms with E-state index >= 15 is 0 Å². The van der Waals surface area contributed by atoms with E-state index in [0.717, 1.165) is 144 Å². The molecule has 0 radical (unpaired) electrons. The third-order valence-corrected chi connectivity index (χ3v) is 28.6. The van der Waals surface area contributed by atoms with Crippen LogP contribution in [0.15, 0.2) is 200 Å². The standard InChI is InChI=1S/C17H25FN2O2.C15H24N2O.C15H22N2O.C15H23N.C14H22N2.C13H17NO2.C12H18O.C11H11F3O.C11H13F3O/c1-12(2)13-8-15(18)17(16(9-13)21-3)20-6-4-19(5-7-20)14-10-22-11-14;1-12(2)13-5-6-14(15(11-13)18-4)17-9-7-16(3)8-10-17;1-12(2)14-4-6-15(7-5-14)17-10-8-16(9-11-17)13(3)18;1-12(2)13-4-6-14(7-5-13)15-8-10-16(3)11-9-15;1-12(2)13-5-4-6-14(11-13)16-9-7-15(3)8-10-16;1-9(2)10-3-5-11(6-4-10)13(15)14-12-7-16-8-12;1-9(2)10-6-5-7-11(8-10)12(3,4)13;1-7(2)8-3-5-9(6-4-8)10(15)11(12,13)14;1-7(2)8-4-3-5-9(6-8)10(15)11(12,13)14/h8-9,12,14H,4-7,10-11H2,1-3H3;5-6,11-12H,7-10H2,1-4H3;4-7,12H,8-11H2,1-3H3;4-7,12,15H,8-11H2,1-3H3;4-6,11-12H,7-10H2,1-3H3;3-6,9,12H,7-8H2,1-2H3,(H,14,15);5-9,13H,1-4H3;3-7H,1-2H3;3-7,10,15H,1-2H3. The van der Waals surface area contributed by atoms with Crippen LogP contribution in [0.1, 0.15) is 311 Å². The number of carbonyl (C=O) groups is 3. The Morgan fingerprint density at radius 2 is 0.772 bits per heavy atom. The third-order valence-electron chi connectivity index (χ3n) is 28.6. The number of ether oxygens (including phenoxy) is 4. The van der Waals surface area contributed by atoms with Crippen LogP contribution in [0.4, 0.5) is 53.5 Å². The van der Waals surface area contributed by atoms with E-state index in [1.165, 1.54) is 125 Å². The number of anilines is 4. The van der Waals surface area contributed by atoms with Crippen LogP contribution in [-0.2, 0) is 19.9 Å². The number of carbonyl (C=O) groups excluding carboxylic acids is 3. The Kier molecular flexibility index (Phi) is 49.5. The van der Waals surface area contributed by atoms with Gasteiger partial charge in [0.15, 0.2) is 11.9 Å². The Labute approximate surface area is 887 Å². The van der Waals surface area contributed by atoms with Crippen LogP contribution < -0.4 is 34.4 Å². The lowest BCUT2D eigenvalue weighted by atomic mass is 9.88. The van der Waals surface area contributed by atoms with Gasteiger partial charge in [-0.1, -0.05) is 264 Å². The average Bonchev–Trinajstić information content (AvgIpc) is 0.783.